The Hall–Kier alpha value is -1.63. The number of pyridine rings is 1. The number of fused-ring (bicyclic) bond motifs is 3. The molecule has 15 heavy (non-hydrogen) atoms. The minimum absolute atomic E-state index is 0.993. The summed E-state index contributed by atoms with van der Waals surface area (Å²) in [5.41, 5.74) is 7.77. The molecule has 0 bridgehead atoms. The van der Waals surface area contributed by atoms with Crippen LogP contribution in [-0.2, 0) is 6.42 Å². The average Bonchev–Trinajstić information content (AvgIpc) is 2.57. The fourth-order valence-electron chi connectivity index (χ4n) is 2.24. The molecule has 3 rings (SSSR count). The summed E-state index contributed by atoms with van der Waals surface area (Å²) in [4.78, 5) is 4.67. The highest BCUT2D eigenvalue weighted by molar-refractivity contribution is 5.75. The van der Waals surface area contributed by atoms with Gasteiger partial charge in [0.2, 0.25) is 0 Å². The minimum Gasteiger partial charge on any atom is -0.257 e. The van der Waals surface area contributed by atoms with Crippen LogP contribution in [0, 0.1) is 13.8 Å². The summed E-state index contributed by atoms with van der Waals surface area (Å²) in [6.07, 6.45) is 0.993. The number of benzene rings is 1. The Morgan fingerprint density at radius 1 is 1.07 bits per heavy atom. The van der Waals surface area contributed by atoms with Gasteiger partial charge in [0.25, 0.3) is 0 Å². The Balaban J connectivity index is 2.29. The first-order valence-electron chi connectivity index (χ1n) is 5.31. The molecule has 0 saturated carbocycles. The lowest BCUT2D eigenvalue weighted by Crippen LogP contribution is -1.92. The molecule has 0 aliphatic heterocycles. The summed E-state index contributed by atoms with van der Waals surface area (Å²) in [7, 11) is 0. The van der Waals surface area contributed by atoms with E-state index >= 15 is 0 Å². The highest BCUT2D eigenvalue weighted by atomic mass is 14.7. The Kier molecular flexibility index (Phi) is 1.69. The third-order valence-corrected chi connectivity index (χ3v) is 3.21. The average molecular weight is 195 g/mol. The molecule has 0 N–H and O–H groups in total. The van der Waals surface area contributed by atoms with Gasteiger partial charge in [-0.25, -0.2) is 0 Å². The van der Waals surface area contributed by atoms with Crippen molar-refractivity contribution >= 4 is 0 Å². The second kappa shape index (κ2) is 2.93. The van der Waals surface area contributed by atoms with E-state index in [1.807, 2.05) is 0 Å². The third-order valence-electron chi connectivity index (χ3n) is 3.21. The number of nitrogens with zero attached hydrogens (tertiary/aromatic N) is 1. The van der Waals surface area contributed by atoms with Crippen molar-refractivity contribution in [3.63, 3.8) is 0 Å². The predicted octanol–water partition coefficient (Wildman–Crippen LogP) is 3.27. The van der Waals surface area contributed by atoms with Crippen molar-refractivity contribution in [2.24, 2.45) is 0 Å². The van der Waals surface area contributed by atoms with E-state index in [9.17, 15) is 0 Å². The molecule has 1 heterocycles. The van der Waals surface area contributed by atoms with Crippen LogP contribution in [0.15, 0.2) is 30.3 Å². The summed E-state index contributed by atoms with van der Waals surface area (Å²) in [6, 6.07) is 10.9. The number of hydrogen-bond donors (Lipinski definition) is 0. The molecule has 1 aromatic heterocycles. The summed E-state index contributed by atoms with van der Waals surface area (Å²) in [6.45, 7) is 4.21. The van der Waals surface area contributed by atoms with Crippen molar-refractivity contribution in [2.75, 3.05) is 0 Å². The van der Waals surface area contributed by atoms with Crippen molar-refractivity contribution in [3.05, 3.63) is 52.8 Å². The first-order valence-corrected chi connectivity index (χ1v) is 5.31. The molecular formula is C14H13N. The lowest BCUT2D eigenvalue weighted by Gasteiger charge is -2.04. The first-order chi connectivity index (χ1) is 7.25. The fraction of sp³-hybridized carbons (Fsp3) is 0.214. The molecule has 0 atom stereocenters. The van der Waals surface area contributed by atoms with E-state index in [0.717, 1.165) is 12.1 Å². The molecule has 1 aliphatic carbocycles. The van der Waals surface area contributed by atoms with E-state index in [-0.39, 0.29) is 0 Å². The molecule has 0 fully saturated rings. The quantitative estimate of drug-likeness (QED) is 0.536. The topological polar surface area (TPSA) is 12.9 Å². The monoisotopic (exact) mass is 195 g/mol. The predicted molar refractivity (Wildman–Crippen MR) is 62.0 cm³/mol. The zero-order valence-electron chi connectivity index (χ0n) is 9.04. The van der Waals surface area contributed by atoms with Crippen LogP contribution < -0.4 is 0 Å². The van der Waals surface area contributed by atoms with Gasteiger partial charge < -0.3 is 0 Å². The summed E-state index contributed by atoms with van der Waals surface area (Å²) in [5, 5.41) is 0. The van der Waals surface area contributed by atoms with E-state index in [0.29, 0.717) is 0 Å². The van der Waals surface area contributed by atoms with E-state index in [2.05, 4.69) is 49.2 Å². The Morgan fingerprint density at radius 2 is 1.87 bits per heavy atom. The van der Waals surface area contributed by atoms with Gasteiger partial charge in [0, 0.05) is 17.7 Å². The van der Waals surface area contributed by atoms with Crippen LogP contribution in [-0.4, -0.2) is 4.98 Å². The molecule has 74 valence electrons. The maximum atomic E-state index is 4.67. The zero-order valence-corrected chi connectivity index (χ0v) is 9.04. The lowest BCUT2D eigenvalue weighted by molar-refractivity contribution is 1.05. The minimum atomic E-state index is 0.993. The number of aryl methyl sites for hydroxylation is 2. The molecule has 2 aromatic rings. The summed E-state index contributed by atoms with van der Waals surface area (Å²) in [5.74, 6) is 0. The van der Waals surface area contributed by atoms with Gasteiger partial charge in [-0.1, -0.05) is 24.3 Å². The second-order valence-corrected chi connectivity index (χ2v) is 4.22. The van der Waals surface area contributed by atoms with Gasteiger partial charge in [-0.15, -0.1) is 0 Å². The Bertz CT molecular complexity index is 541. The standard InChI is InChI=1S/C14H13N/c1-9-7-13-12-6-4-3-5-11(12)8-14(13)15-10(9)2/h3-7H,8H2,1-2H3. The normalized spacial score (nSPS) is 12.4. The molecule has 1 aromatic carbocycles. The second-order valence-electron chi connectivity index (χ2n) is 4.22. The molecule has 1 aliphatic rings. The third kappa shape index (κ3) is 1.19. The van der Waals surface area contributed by atoms with Crippen molar-refractivity contribution in [1.82, 2.24) is 4.98 Å². The Morgan fingerprint density at radius 3 is 2.73 bits per heavy atom. The van der Waals surface area contributed by atoms with E-state index in [1.165, 1.54) is 27.9 Å². The van der Waals surface area contributed by atoms with Crippen LogP contribution in [0.5, 0.6) is 0 Å². The van der Waals surface area contributed by atoms with Crippen LogP contribution in [0.2, 0.25) is 0 Å². The fourth-order valence-corrected chi connectivity index (χ4v) is 2.24. The number of aromatic nitrogens is 1. The van der Waals surface area contributed by atoms with Crippen LogP contribution in [0.3, 0.4) is 0 Å². The van der Waals surface area contributed by atoms with Gasteiger partial charge in [-0.2, -0.15) is 0 Å². The smallest absolute Gasteiger partial charge is 0.0529 e. The van der Waals surface area contributed by atoms with Gasteiger partial charge in [0.15, 0.2) is 0 Å². The van der Waals surface area contributed by atoms with Crippen molar-refractivity contribution in [3.8, 4) is 11.1 Å². The highest BCUT2D eigenvalue weighted by Gasteiger charge is 2.19. The number of hydrogen-bond acceptors (Lipinski definition) is 1. The van der Waals surface area contributed by atoms with Crippen LogP contribution >= 0.6 is 0 Å². The lowest BCUT2D eigenvalue weighted by atomic mass is 10.1. The van der Waals surface area contributed by atoms with Crippen molar-refractivity contribution < 1.29 is 0 Å². The van der Waals surface area contributed by atoms with Crippen LogP contribution in [0.4, 0.5) is 0 Å². The first kappa shape index (κ1) is 8.66. The maximum Gasteiger partial charge on any atom is 0.0529 e. The van der Waals surface area contributed by atoms with Gasteiger partial charge in [-0.05, 0) is 36.6 Å². The number of rotatable bonds is 0. The van der Waals surface area contributed by atoms with E-state index in [1.54, 1.807) is 0 Å². The Labute approximate surface area is 89.8 Å². The molecule has 1 nitrogen and oxygen atoms in total. The van der Waals surface area contributed by atoms with Crippen LogP contribution in [0.25, 0.3) is 11.1 Å². The molecule has 0 unspecified atom stereocenters. The summed E-state index contributed by atoms with van der Waals surface area (Å²) < 4.78 is 0. The van der Waals surface area contributed by atoms with Crippen LogP contribution in [0.1, 0.15) is 22.5 Å². The van der Waals surface area contributed by atoms with Gasteiger partial charge >= 0.3 is 0 Å². The van der Waals surface area contributed by atoms with Gasteiger partial charge in [0.05, 0.1) is 5.69 Å². The van der Waals surface area contributed by atoms with E-state index in [4.69, 9.17) is 0 Å². The van der Waals surface area contributed by atoms with Gasteiger partial charge in [-0.3, -0.25) is 4.98 Å². The van der Waals surface area contributed by atoms with Gasteiger partial charge in [0.1, 0.15) is 0 Å². The zero-order chi connectivity index (χ0) is 10.4. The molecule has 0 radical (unpaired) electrons. The molecule has 0 amide bonds. The largest absolute Gasteiger partial charge is 0.257 e. The van der Waals surface area contributed by atoms with E-state index < -0.39 is 0 Å². The highest BCUT2D eigenvalue weighted by Crippen LogP contribution is 2.35. The van der Waals surface area contributed by atoms with Crippen molar-refractivity contribution in [2.45, 2.75) is 20.3 Å². The summed E-state index contributed by atoms with van der Waals surface area (Å²) >= 11 is 0. The van der Waals surface area contributed by atoms with Crippen molar-refractivity contribution in [1.29, 1.82) is 0 Å². The maximum absolute atomic E-state index is 4.67. The molecular weight excluding hydrogens is 182 g/mol. The molecule has 0 saturated heterocycles. The molecule has 1 heteroatoms. The molecule has 0 spiro atoms. The SMILES string of the molecule is Cc1cc2c(nc1C)Cc1ccccc1-2.